The van der Waals surface area contributed by atoms with Crippen molar-refractivity contribution in [3.63, 3.8) is 0 Å². The topological polar surface area (TPSA) is 87.1 Å². The molecule has 0 aliphatic carbocycles. The van der Waals surface area contributed by atoms with Crippen LogP contribution in [0.2, 0.25) is 0 Å². The van der Waals surface area contributed by atoms with E-state index in [0.29, 0.717) is 38.2 Å². The molecule has 2 unspecified atom stereocenters. The Kier molecular flexibility index (Phi) is 8.33. The van der Waals surface area contributed by atoms with Crippen LogP contribution in [0.4, 0.5) is 9.18 Å². The Morgan fingerprint density at radius 2 is 1.82 bits per heavy atom. The van der Waals surface area contributed by atoms with Gasteiger partial charge in [-0.3, -0.25) is 19.8 Å². The molecule has 10 heteroatoms. The number of likely N-dealkylation sites (tertiary alicyclic amines) is 2. The van der Waals surface area contributed by atoms with E-state index in [1.165, 1.54) is 4.90 Å². The van der Waals surface area contributed by atoms with Gasteiger partial charge in [-0.2, -0.15) is 0 Å². The zero-order chi connectivity index (χ0) is 24.1. The number of halogens is 1. The van der Waals surface area contributed by atoms with Gasteiger partial charge in [0.05, 0.1) is 18.8 Å². The number of piperidine rings is 2. The third-order valence-corrected chi connectivity index (χ3v) is 7.17. The average molecular weight is 478 g/mol. The molecule has 3 aliphatic rings. The van der Waals surface area contributed by atoms with E-state index in [9.17, 15) is 18.8 Å². The standard InChI is InChI=1S/C24H36FN5O4/c1-2-27-10-5-19(6-11-27)34-21-7-12-28(17-20(21)25)14-15-29-9-3-4-18(23(29)32)16-30-13-8-22(31)26-24(30)33/h3-4,9,19-21H,2,5-8,10-17H2,1H3,(H,26,31,33). The van der Waals surface area contributed by atoms with Crippen LogP contribution >= 0.6 is 0 Å². The molecule has 0 spiro atoms. The number of aromatic nitrogens is 1. The summed E-state index contributed by atoms with van der Waals surface area (Å²) in [5.41, 5.74) is 0.331. The van der Waals surface area contributed by atoms with Gasteiger partial charge in [0.1, 0.15) is 6.17 Å². The lowest BCUT2D eigenvalue weighted by Crippen LogP contribution is -2.50. The second-order valence-corrected chi connectivity index (χ2v) is 9.47. The maximum atomic E-state index is 14.9. The van der Waals surface area contributed by atoms with Crippen molar-refractivity contribution in [3.05, 3.63) is 34.2 Å². The number of carbonyl (C=O) groups is 2. The van der Waals surface area contributed by atoms with Crippen LogP contribution in [0, 0.1) is 0 Å². The van der Waals surface area contributed by atoms with Crippen molar-refractivity contribution in [2.24, 2.45) is 0 Å². The van der Waals surface area contributed by atoms with Crippen LogP contribution in [-0.2, 0) is 22.6 Å². The minimum atomic E-state index is -1.03. The Morgan fingerprint density at radius 1 is 1.06 bits per heavy atom. The molecule has 0 aromatic carbocycles. The normalized spacial score (nSPS) is 25.5. The number of pyridine rings is 1. The zero-order valence-corrected chi connectivity index (χ0v) is 20.0. The first-order valence-corrected chi connectivity index (χ1v) is 12.4. The summed E-state index contributed by atoms with van der Waals surface area (Å²) in [6, 6.07) is 3.01. The summed E-state index contributed by atoms with van der Waals surface area (Å²) in [6.07, 6.45) is 3.33. The van der Waals surface area contributed by atoms with Crippen molar-refractivity contribution in [3.8, 4) is 0 Å². The fraction of sp³-hybridized carbons (Fsp3) is 0.708. The largest absolute Gasteiger partial charge is 0.372 e. The van der Waals surface area contributed by atoms with Gasteiger partial charge >= 0.3 is 6.03 Å². The van der Waals surface area contributed by atoms with Crippen molar-refractivity contribution in [2.45, 2.75) is 64.1 Å². The molecule has 34 heavy (non-hydrogen) atoms. The van der Waals surface area contributed by atoms with E-state index in [0.717, 1.165) is 39.0 Å². The summed E-state index contributed by atoms with van der Waals surface area (Å²) >= 11 is 0. The number of hydrogen-bond acceptors (Lipinski definition) is 6. The van der Waals surface area contributed by atoms with Crippen LogP contribution in [0.25, 0.3) is 0 Å². The lowest BCUT2D eigenvalue weighted by atomic mass is 10.0. The molecule has 4 heterocycles. The van der Waals surface area contributed by atoms with Gasteiger partial charge in [-0.15, -0.1) is 0 Å². The molecule has 1 aromatic rings. The van der Waals surface area contributed by atoms with Crippen LogP contribution in [0.15, 0.2) is 23.1 Å². The van der Waals surface area contributed by atoms with Crippen molar-refractivity contribution >= 4 is 11.9 Å². The number of nitrogens with zero attached hydrogens (tertiary/aromatic N) is 4. The van der Waals surface area contributed by atoms with Crippen molar-refractivity contribution in [2.75, 3.05) is 45.8 Å². The fourth-order valence-electron chi connectivity index (χ4n) is 5.00. The van der Waals surface area contributed by atoms with Crippen LogP contribution in [0.5, 0.6) is 0 Å². The van der Waals surface area contributed by atoms with Crippen LogP contribution in [0.3, 0.4) is 0 Å². The van der Waals surface area contributed by atoms with Crippen LogP contribution < -0.4 is 10.9 Å². The highest BCUT2D eigenvalue weighted by molar-refractivity contribution is 5.96. The van der Waals surface area contributed by atoms with E-state index in [1.807, 2.05) is 4.90 Å². The molecule has 188 valence electrons. The first kappa shape index (κ1) is 24.8. The number of amides is 3. The molecule has 0 radical (unpaired) electrons. The third kappa shape index (κ3) is 6.22. The Morgan fingerprint density at radius 3 is 2.53 bits per heavy atom. The predicted molar refractivity (Wildman–Crippen MR) is 125 cm³/mol. The lowest BCUT2D eigenvalue weighted by molar-refractivity contribution is -0.121. The summed E-state index contributed by atoms with van der Waals surface area (Å²) in [4.78, 5) is 42.1. The molecule has 3 aliphatic heterocycles. The summed E-state index contributed by atoms with van der Waals surface area (Å²) in [5, 5.41) is 2.27. The van der Waals surface area contributed by atoms with Gasteiger partial charge in [-0.25, -0.2) is 9.18 Å². The summed E-state index contributed by atoms with van der Waals surface area (Å²) in [5.74, 6) is -0.297. The lowest BCUT2D eigenvalue weighted by Gasteiger charge is -2.38. The van der Waals surface area contributed by atoms with E-state index in [1.54, 1.807) is 22.9 Å². The number of alkyl halides is 1. The molecule has 2 atom stereocenters. The Balaban J connectivity index is 1.25. The maximum absolute atomic E-state index is 14.9. The van der Waals surface area contributed by atoms with E-state index >= 15 is 0 Å². The van der Waals surface area contributed by atoms with Crippen LogP contribution in [-0.4, -0.2) is 95.4 Å². The van der Waals surface area contributed by atoms with Gasteiger partial charge in [0.2, 0.25) is 5.91 Å². The molecule has 4 rings (SSSR count). The molecule has 1 aromatic heterocycles. The van der Waals surface area contributed by atoms with E-state index in [4.69, 9.17) is 4.74 Å². The van der Waals surface area contributed by atoms with Crippen molar-refractivity contribution in [1.29, 1.82) is 0 Å². The number of ether oxygens (including phenoxy) is 1. The average Bonchev–Trinajstić information content (AvgIpc) is 2.83. The molecule has 1 N–H and O–H groups in total. The molecule has 3 saturated heterocycles. The van der Waals surface area contributed by atoms with E-state index in [-0.39, 0.29) is 36.6 Å². The molecular formula is C24H36FN5O4. The Bertz CT molecular complexity index is 917. The number of hydrogen-bond donors (Lipinski definition) is 1. The Hall–Kier alpha value is -2.30. The fourth-order valence-corrected chi connectivity index (χ4v) is 5.00. The first-order chi connectivity index (χ1) is 16.4. The SMILES string of the molecule is CCN1CCC(OC2CCN(CCn3cccc(CN4CCC(=O)NC4=O)c3=O)CC2F)CC1. The van der Waals surface area contributed by atoms with Gasteiger partial charge in [0.15, 0.2) is 0 Å². The number of carbonyl (C=O) groups excluding carboxylic acids is 2. The monoisotopic (exact) mass is 477 g/mol. The molecule has 3 fully saturated rings. The number of nitrogens with one attached hydrogen (secondary N) is 1. The van der Waals surface area contributed by atoms with Gasteiger partial charge in [0, 0.05) is 64.0 Å². The molecular weight excluding hydrogens is 441 g/mol. The number of imide groups is 1. The minimum absolute atomic E-state index is 0.152. The van der Waals surface area contributed by atoms with Crippen molar-refractivity contribution < 1.29 is 18.7 Å². The second kappa shape index (κ2) is 11.4. The molecule has 3 amide bonds. The highest BCUT2D eigenvalue weighted by atomic mass is 19.1. The summed E-state index contributed by atoms with van der Waals surface area (Å²) in [7, 11) is 0. The predicted octanol–water partition coefficient (Wildman–Crippen LogP) is 1.20. The maximum Gasteiger partial charge on any atom is 0.324 e. The zero-order valence-electron chi connectivity index (χ0n) is 20.0. The first-order valence-electron chi connectivity index (χ1n) is 12.4. The Labute approximate surface area is 199 Å². The van der Waals surface area contributed by atoms with Crippen molar-refractivity contribution in [1.82, 2.24) is 24.6 Å². The van der Waals surface area contributed by atoms with Gasteiger partial charge < -0.3 is 19.1 Å². The summed E-state index contributed by atoms with van der Waals surface area (Å²) < 4.78 is 22.6. The van der Waals surface area contributed by atoms with Crippen LogP contribution in [0.1, 0.15) is 38.2 Å². The minimum Gasteiger partial charge on any atom is -0.372 e. The van der Waals surface area contributed by atoms with E-state index in [2.05, 4.69) is 17.1 Å². The highest BCUT2D eigenvalue weighted by Crippen LogP contribution is 2.23. The third-order valence-electron chi connectivity index (χ3n) is 7.17. The van der Waals surface area contributed by atoms with Gasteiger partial charge in [0.25, 0.3) is 5.56 Å². The second-order valence-electron chi connectivity index (χ2n) is 9.47. The highest BCUT2D eigenvalue weighted by Gasteiger charge is 2.32. The molecule has 9 nitrogen and oxygen atoms in total. The molecule has 0 bridgehead atoms. The van der Waals surface area contributed by atoms with Gasteiger partial charge in [-0.1, -0.05) is 13.0 Å². The van der Waals surface area contributed by atoms with E-state index < -0.39 is 12.2 Å². The number of urea groups is 1. The summed E-state index contributed by atoms with van der Waals surface area (Å²) in [6.45, 7) is 7.79. The smallest absolute Gasteiger partial charge is 0.324 e. The number of rotatable bonds is 8. The quantitative estimate of drug-likeness (QED) is 0.606. The molecule has 0 saturated carbocycles. The van der Waals surface area contributed by atoms with Gasteiger partial charge in [-0.05, 0) is 31.9 Å².